The minimum atomic E-state index is -0.0876. The van der Waals surface area contributed by atoms with Crippen LogP contribution in [0.25, 0.3) is 0 Å². The fraction of sp³-hybridized carbons (Fsp3) is 0.474. The average Bonchev–Trinajstić information content (AvgIpc) is 3.24. The standard InChI is InChI=1S/C19H25N3O/c1-14(2)16-12-17(22-21-16)18(23)20-13-19(10-6-7-11-19)15-8-4-3-5-9-15/h3-5,8-9,12,14H,6-7,10-11,13H2,1-2H3,(H,20,23)(H,21,22). The summed E-state index contributed by atoms with van der Waals surface area (Å²) in [5, 5.41) is 10.2. The zero-order valence-electron chi connectivity index (χ0n) is 13.9. The van der Waals surface area contributed by atoms with E-state index < -0.39 is 0 Å². The lowest BCUT2D eigenvalue weighted by Crippen LogP contribution is -2.39. The molecule has 122 valence electrons. The second-order valence-corrected chi connectivity index (χ2v) is 6.90. The lowest BCUT2D eigenvalue weighted by atomic mass is 9.79. The summed E-state index contributed by atoms with van der Waals surface area (Å²) in [7, 11) is 0. The summed E-state index contributed by atoms with van der Waals surface area (Å²) >= 11 is 0. The van der Waals surface area contributed by atoms with E-state index in [4.69, 9.17) is 0 Å². The number of hydrogen-bond donors (Lipinski definition) is 2. The quantitative estimate of drug-likeness (QED) is 0.883. The summed E-state index contributed by atoms with van der Waals surface area (Å²) in [5.41, 5.74) is 2.89. The number of aromatic nitrogens is 2. The highest BCUT2D eigenvalue weighted by Gasteiger charge is 2.35. The molecule has 3 rings (SSSR count). The third-order valence-corrected chi connectivity index (χ3v) is 4.99. The van der Waals surface area contributed by atoms with Gasteiger partial charge in [-0.25, -0.2) is 0 Å². The van der Waals surface area contributed by atoms with Gasteiger partial charge in [0.05, 0.1) is 0 Å². The molecule has 1 heterocycles. The Bertz CT molecular complexity index is 654. The van der Waals surface area contributed by atoms with Gasteiger partial charge in [-0.1, -0.05) is 57.0 Å². The number of aromatic amines is 1. The molecule has 4 nitrogen and oxygen atoms in total. The third kappa shape index (κ3) is 3.31. The van der Waals surface area contributed by atoms with E-state index in [9.17, 15) is 4.79 Å². The van der Waals surface area contributed by atoms with Crippen LogP contribution < -0.4 is 5.32 Å². The highest BCUT2D eigenvalue weighted by molar-refractivity contribution is 5.92. The number of nitrogens with one attached hydrogen (secondary N) is 2. The van der Waals surface area contributed by atoms with Crippen LogP contribution >= 0.6 is 0 Å². The molecule has 2 aromatic rings. The molecule has 0 radical (unpaired) electrons. The van der Waals surface area contributed by atoms with E-state index in [2.05, 4.69) is 53.6 Å². The Morgan fingerprint density at radius 3 is 2.57 bits per heavy atom. The minimum Gasteiger partial charge on any atom is -0.350 e. The maximum absolute atomic E-state index is 12.4. The molecule has 0 unspecified atom stereocenters. The van der Waals surface area contributed by atoms with Crippen molar-refractivity contribution in [2.75, 3.05) is 6.54 Å². The molecule has 1 fully saturated rings. The number of hydrogen-bond acceptors (Lipinski definition) is 2. The Hall–Kier alpha value is -2.10. The van der Waals surface area contributed by atoms with E-state index >= 15 is 0 Å². The molecule has 0 saturated heterocycles. The predicted octanol–water partition coefficient (Wildman–Crippen LogP) is 3.77. The van der Waals surface area contributed by atoms with Crippen molar-refractivity contribution in [3.8, 4) is 0 Å². The van der Waals surface area contributed by atoms with Gasteiger partial charge >= 0.3 is 0 Å². The first kappa shape index (κ1) is 15.8. The van der Waals surface area contributed by atoms with Crippen LogP contribution in [0.4, 0.5) is 0 Å². The Morgan fingerprint density at radius 1 is 1.26 bits per heavy atom. The molecule has 1 amide bonds. The number of benzene rings is 1. The van der Waals surface area contributed by atoms with Gasteiger partial charge < -0.3 is 5.32 Å². The van der Waals surface area contributed by atoms with Crippen molar-refractivity contribution in [2.45, 2.75) is 50.9 Å². The topological polar surface area (TPSA) is 57.8 Å². The van der Waals surface area contributed by atoms with Crippen molar-refractivity contribution < 1.29 is 4.79 Å². The molecular formula is C19H25N3O. The molecule has 1 saturated carbocycles. The molecule has 1 aromatic carbocycles. The van der Waals surface area contributed by atoms with Crippen LogP contribution in [-0.2, 0) is 5.41 Å². The average molecular weight is 311 g/mol. The molecule has 1 aliphatic carbocycles. The zero-order chi connectivity index (χ0) is 16.3. The predicted molar refractivity (Wildman–Crippen MR) is 91.6 cm³/mol. The number of carbonyl (C=O) groups is 1. The van der Waals surface area contributed by atoms with E-state index in [0.717, 1.165) is 18.5 Å². The van der Waals surface area contributed by atoms with Crippen molar-refractivity contribution in [1.29, 1.82) is 0 Å². The number of carbonyl (C=O) groups excluding carboxylic acids is 1. The van der Waals surface area contributed by atoms with Crippen LogP contribution in [0.2, 0.25) is 0 Å². The minimum absolute atomic E-state index is 0.0775. The molecule has 1 aliphatic rings. The van der Waals surface area contributed by atoms with Gasteiger partial charge in [0.15, 0.2) is 0 Å². The molecular weight excluding hydrogens is 286 g/mol. The fourth-order valence-electron chi connectivity index (χ4n) is 3.50. The Balaban J connectivity index is 1.71. The second-order valence-electron chi connectivity index (χ2n) is 6.90. The smallest absolute Gasteiger partial charge is 0.271 e. The summed E-state index contributed by atoms with van der Waals surface area (Å²) in [4.78, 5) is 12.4. The second kappa shape index (κ2) is 6.57. The van der Waals surface area contributed by atoms with Crippen LogP contribution in [0.5, 0.6) is 0 Å². The zero-order valence-corrected chi connectivity index (χ0v) is 13.9. The van der Waals surface area contributed by atoms with Crippen molar-refractivity contribution >= 4 is 5.91 Å². The van der Waals surface area contributed by atoms with Crippen molar-refractivity contribution in [3.63, 3.8) is 0 Å². The van der Waals surface area contributed by atoms with Gasteiger partial charge in [0.25, 0.3) is 5.91 Å². The summed E-state index contributed by atoms with van der Waals surface area (Å²) in [6, 6.07) is 12.4. The first-order valence-corrected chi connectivity index (χ1v) is 8.50. The third-order valence-electron chi connectivity index (χ3n) is 4.99. The van der Waals surface area contributed by atoms with E-state index in [1.54, 1.807) is 0 Å². The molecule has 2 N–H and O–H groups in total. The van der Waals surface area contributed by atoms with E-state index in [-0.39, 0.29) is 11.3 Å². The van der Waals surface area contributed by atoms with Gasteiger partial charge in [0, 0.05) is 17.7 Å². The molecule has 0 spiro atoms. The summed E-state index contributed by atoms with van der Waals surface area (Å²) in [6.07, 6.45) is 4.72. The Morgan fingerprint density at radius 2 is 1.96 bits per heavy atom. The van der Waals surface area contributed by atoms with E-state index in [1.165, 1.54) is 18.4 Å². The maximum Gasteiger partial charge on any atom is 0.271 e. The van der Waals surface area contributed by atoms with Gasteiger partial charge in [-0.15, -0.1) is 0 Å². The SMILES string of the molecule is CC(C)c1cc(C(=O)NCC2(c3ccccc3)CCCC2)n[nH]1. The normalized spacial score (nSPS) is 16.7. The van der Waals surface area contributed by atoms with Gasteiger partial charge in [-0.05, 0) is 30.4 Å². The highest BCUT2D eigenvalue weighted by Crippen LogP contribution is 2.40. The van der Waals surface area contributed by atoms with Crippen LogP contribution in [0.15, 0.2) is 36.4 Å². The Kier molecular flexibility index (Phi) is 4.51. The lowest BCUT2D eigenvalue weighted by molar-refractivity contribution is 0.0938. The maximum atomic E-state index is 12.4. The lowest BCUT2D eigenvalue weighted by Gasteiger charge is -2.29. The monoisotopic (exact) mass is 311 g/mol. The fourth-order valence-corrected chi connectivity index (χ4v) is 3.50. The molecule has 1 aromatic heterocycles. The van der Waals surface area contributed by atoms with Gasteiger partial charge in [-0.2, -0.15) is 5.10 Å². The molecule has 23 heavy (non-hydrogen) atoms. The molecule has 0 atom stereocenters. The highest BCUT2D eigenvalue weighted by atomic mass is 16.1. The van der Waals surface area contributed by atoms with Gasteiger partial charge in [0.2, 0.25) is 0 Å². The first-order chi connectivity index (χ1) is 11.1. The molecule has 0 bridgehead atoms. The van der Waals surface area contributed by atoms with Gasteiger partial charge in [0.1, 0.15) is 5.69 Å². The van der Waals surface area contributed by atoms with Crippen molar-refractivity contribution in [2.24, 2.45) is 0 Å². The summed E-state index contributed by atoms with van der Waals surface area (Å²) in [6.45, 7) is 4.84. The number of nitrogens with zero attached hydrogens (tertiary/aromatic N) is 1. The van der Waals surface area contributed by atoms with Crippen molar-refractivity contribution in [3.05, 3.63) is 53.3 Å². The molecule has 4 heteroatoms. The van der Waals surface area contributed by atoms with Gasteiger partial charge in [-0.3, -0.25) is 9.89 Å². The summed E-state index contributed by atoms with van der Waals surface area (Å²) in [5.74, 6) is 0.255. The van der Waals surface area contributed by atoms with Crippen molar-refractivity contribution in [1.82, 2.24) is 15.5 Å². The van der Waals surface area contributed by atoms with E-state index in [0.29, 0.717) is 18.2 Å². The van der Waals surface area contributed by atoms with Crippen LogP contribution in [0.1, 0.15) is 67.2 Å². The summed E-state index contributed by atoms with van der Waals surface area (Å²) < 4.78 is 0. The first-order valence-electron chi connectivity index (χ1n) is 8.50. The van der Waals surface area contributed by atoms with E-state index in [1.807, 2.05) is 12.1 Å². The van der Waals surface area contributed by atoms with Crippen LogP contribution in [0.3, 0.4) is 0 Å². The number of rotatable bonds is 5. The number of amides is 1. The van der Waals surface area contributed by atoms with Crippen LogP contribution in [0, 0.1) is 0 Å². The van der Waals surface area contributed by atoms with Crippen LogP contribution in [-0.4, -0.2) is 22.6 Å². The Labute approximate surface area is 137 Å². The molecule has 0 aliphatic heterocycles. The number of H-pyrrole nitrogens is 1. The largest absolute Gasteiger partial charge is 0.350 e.